The lowest BCUT2D eigenvalue weighted by molar-refractivity contribution is -0.274. The second kappa shape index (κ2) is 5.73. The summed E-state index contributed by atoms with van der Waals surface area (Å²) in [5, 5.41) is 0.391. The Morgan fingerprint density at radius 3 is 2.10 bits per heavy atom. The number of halogens is 4. The Morgan fingerprint density at radius 1 is 0.950 bits per heavy atom. The second-order valence-corrected chi connectivity index (χ2v) is 4.49. The fourth-order valence-electron chi connectivity index (χ4n) is 1.85. The molecule has 0 aliphatic heterocycles. The van der Waals surface area contributed by atoms with Gasteiger partial charge in [-0.15, -0.1) is 13.2 Å². The van der Waals surface area contributed by atoms with Gasteiger partial charge in [-0.2, -0.15) is 0 Å². The van der Waals surface area contributed by atoms with Crippen molar-refractivity contribution in [2.45, 2.75) is 12.4 Å². The van der Waals surface area contributed by atoms with Crippen LogP contribution in [0.15, 0.2) is 48.5 Å². The average molecular weight is 302 g/mol. The van der Waals surface area contributed by atoms with E-state index >= 15 is 0 Å². The molecule has 0 radical (unpaired) electrons. The van der Waals surface area contributed by atoms with E-state index in [0.29, 0.717) is 10.6 Å². The van der Waals surface area contributed by atoms with E-state index in [-0.39, 0.29) is 11.3 Å². The SMILES string of the molecule is NC(c1ccccc1Cl)c1ccccc1OC(F)(F)F. The summed E-state index contributed by atoms with van der Waals surface area (Å²) in [4.78, 5) is 0. The monoisotopic (exact) mass is 301 g/mol. The number of para-hydroxylation sites is 1. The van der Waals surface area contributed by atoms with Crippen LogP contribution < -0.4 is 10.5 Å². The minimum atomic E-state index is -4.77. The summed E-state index contributed by atoms with van der Waals surface area (Å²) >= 11 is 6.01. The number of hydrogen-bond acceptors (Lipinski definition) is 2. The maximum Gasteiger partial charge on any atom is 0.573 e. The lowest BCUT2D eigenvalue weighted by Crippen LogP contribution is -2.20. The Morgan fingerprint density at radius 2 is 1.50 bits per heavy atom. The van der Waals surface area contributed by atoms with Crippen molar-refractivity contribution in [3.05, 3.63) is 64.7 Å². The van der Waals surface area contributed by atoms with Gasteiger partial charge in [0, 0.05) is 10.6 Å². The van der Waals surface area contributed by atoms with Crippen LogP contribution in [0.3, 0.4) is 0 Å². The largest absolute Gasteiger partial charge is 0.573 e. The minimum Gasteiger partial charge on any atom is -0.405 e. The van der Waals surface area contributed by atoms with Crippen LogP contribution in [-0.4, -0.2) is 6.36 Å². The van der Waals surface area contributed by atoms with Gasteiger partial charge in [-0.05, 0) is 17.7 Å². The van der Waals surface area contributed by atoms with Crippen LogP contribution in [0.5, 0.6) is 5.75 Å². The van der Waals surface area contributed by atoms with E-state index < -0.39 is 12.4 Å². The first kappa shape index (κ1) is 14.7. The lowest BCUT2D eigenvalue weighted by Gasteiger charge is -2.19. The zero-order chi connectivity index (χ0) is 14.8. The molecule has 0 aromatic heterocycles. The third-order valence-corrected chi connectivity index (χ3v) is 3.06. The first-order valence-corrected chi connectivity index (χ1v) is 6.11. The summed E-state index contributed by atoms with van der Waals surface area (Å²) < 4.78 is 41.1. The molecule has 0 fully saturated rings. The molecule has 2 nitrogen and oxygen atoms in total. The topological polar surface area (TPSA) is 35.2 Å². The number of ether oxygens (including phenoxy) is 1. The highest BCUT2D eigenvalue weighted by Crippen LogP contribution is 2.34. The number of alkyl halides is 3. The molecule has 0 aliphatic rings. The summed E-state index contributed by atoms with van der Waals surface area (Å²) in [7, 11) is 0. The highest BCUT2D eigenvalue weighted by Gasteiger charge is 2.32. The molecule has 0 amide bonds. The number of benzene rings is 2. The van der Waals surface area contributed by atoms with Crippen molar-refractivity contribution in [3.8, 4) is 5.75 Å². The average Bonchev–Trinajstić information content (AvgIpc) is 2.37. The first-order valence-electron chi connectivity index (χ1n) is 5.73. The van der Waals surface area contributed by atoms with Crippen molar-refractivity contribution in [2.24, 2.45) is 5.73 Å². The van der Waals surface area contributed by atoms with Crippen LogP contribution in [0.1, 0.15) is 17.2 Å². The Balaban J connectivity index is 2.40. The predicted octanol–water partition coefficient (Wildman–Crippen LogP) is 4.29. The van der Waals surface area contributed by atoms with Gasteiger partial charge in [0.05, 0.1) is 6.04 Å². The van der Waals surface area contributed by atoms with Crippen molar-refractivity contribution in [3.63, 3.8) is 0 Å². The Kier molecular flexibility index (Phi) is 4.20. The smallest absolute Gasteiger partial charge is 0.405 e. The van der Waals surface area contributed by atoms with Crippen LogP contribution in [0.2, 0.25) is 5.02 Å². The molecule has 0 aliphatic carbocycles. The quantitative estimate of drug-likeness (QED) is 0.918. The molecule has 2 rings (SSSR count). The van der Waals surface area contributed by atoms with E-state index in [1.165, 1.54) is 18.2 Å². The predicted molar refractivity (Wildman–Crippen MR) is 70.6 cm³/mol. The normalized spacial score (nSPS) is 13.1. The van der Waals surface area contributed by atoms with Crippen molar-refractivity contribution < 1.29 is 17.9 Å². The van der Waals surface area contributed by atoms with Crippen LogP contribution in [0, 0.1) is 0 Å². The molecular weight excluding hydrogens is 291 g/mol. The van der Waals surface area contributed by atoms with Gasteiger partial charge in [0.1, 0.15) is 5.75 Å². The van der Waals surface area contributed by atoms with Crippen LogP contribution in [0.4, 0.5) is 13.2 Å². The highest BCUT2D eigenvalue weighted by molar-refractivity contribution is 6.31. The molecule has 20 heavy (non-hydrogen) atoms. The van der Waals surface area contributed by atoms with Crippen molar-refractivity contribution >= 4 is 11.6 Å². The Labute approximate surface area is 118 Å². The molecule has 1 unspecified atom stereocenters. The van der Waals surface area contributed by atoms with E-state index in [9.17, 15) is 13.2 Å². The minimum absolute atomic E-state index is 0.220. The fraction of sp³-hybridized carbons (Fsp3) is 0.143. The summed E-state index contributed by atoms with van der Waals surface area (Å²) in [5.41, 5.74) is 6.76. The Hall–Kier alpha value is -1.72. The maximum absolute atomic E-state index is 12.4. The lowest BCUT2D eigenvalue weighted by atomic mass is 9.99. The van der Waals surface area contributed by atoms with Crippen molar-refractivity contribution in [2.75, 3.05) is 0 Å². The number of rotatable bonds is 3. The first-order chi connectivity index (χ1) is 9.38. The van der Waals surface area contributed by atoms with Crippen molar-refractivity contribution in [1.82, 2.24) is 0 Å². The van der Waals surface area contributed by atoms with Gasteiger partial charge in [0.2, 0.25) is 0 Å². The summed E-state index contributed by atoms with van der Waals surface area (Å²) in [5.74, 6) is -0.326. The molecule has 0 spiro atoms. The van der Waals surface area contributed by atoms with Crippen LogP contribution in [0.25, 0.3) is 0 Å². The molecular formula is C14H11ClF3NO. The summed E-state index contributed by atoms with van der Waals surface area (Å²) in [6.45, 7) is 0. The van der Waals surface area contributed by atoms with E-state index in [1.807, 2.05) is 0 Å². The summed E-state index contributed by atoms with van der Waals surface area (Å²) in [6.07, 6.45) is -4.77. The molecule has 0 bridgehead atoms. The maximum atomic E-state index is 12.4. The highest BCUT2D eigenvalue weighted by atomic mass is 35.5. The molecule has 2 aromatic carbocycles. The molecule has 0 heterocycles. The van der Waals surface area contributed by atoms with Gasteiger partial charge in [-0.3, -0.25) is 0 Å². The van der Waals surface area contributed by atoms with Gasteiger partial charge in [-0.1, -0.05) is 48.0 Å². The third kappa shape index (κ3) is 3.43. The van der Waals surface area contributed by atoms with Gasteiger partial charge in [0.25, 0.3) is 0 Å². The van der Waals surface area contributed by atoms with E-state index in [4.69, 9.17) is 17.3 Å². The third-order valence-electron chi connectivity index (χ3n) is 2.72. The van der Waals surface area contributed by atoms with Crippen LogP contribution in [-0.2, 0) is 0 Å². The zero-order valence-electron chi connectivity index (χ0n) is 10.2. The fourth-order valence-corrected chi connectivity index (χ4v) is 2.10. The van der Waals surface area contributed by atoms with E-state index in [1.54, 1.807) is 30.3 Å². The molecule has 0 saturated heterocycles. The number of nitrogens with two attached hydrogens (primary N) is 1. The van der Waals surface area contributed by atoms with Gasteiger partial charge in [-0.25, -0.2) is 0 Å². The van der Waals surface area contributed by atoms with Crippen LogP contribution >= 0.6 is 11.6 Å². The standard InChI is InChI=1S/C14H11ClF3NO/c15-11-7-3-1-5-9(11)13(19)10-6-2-4-8-12(10)20-14(16,17)18/h1-8,13H,19H2. The second-order valence-electron chi connectivity index (χ2n) is 4.08. The molecule has 1 atom stereocenters. The van der Waals surface area contributed by atoms with Crippen molar-refractivity contribution in [1.29, 1.82) is 0 Å². The van der Waals surface area contributed by atoms with Gasteiger partial charge in [0.15, 0.2) is 0 Å². The van der Waals surface area contributed by atoms with E-state index in [0.717, 1.165) is 0 Å². The number of hydrogen-bond donors (Lipinski definition) is 1. The molecule has 2 N–H and O–H groups in total. The molecule has 106 valence electrons. The Bertz CT molecular complexity index is 601. The summed E-state index contributed by atoms with van der Waals surface area (Å²) in [6, 6.07) is 11.7. The van der Waals surface area contributed by atoms with E-state index in [2.05, 4.69) is 4.74 Å². The zero-order valence-corrected chi connectivity index (χ0v) is 10.9. The molecule has 6 heteroatoms. The van der Waals surface area contributed by atoms with Gasteiger partial charge < -0.3 is 10.5 Å². The molecule has 2 aromatic rings. The molecule has 0 saturated carbocycles. The van der Waals surface area contributed by atoms with Gasteiger partial charge >= 0.3 is 6.36 Å².